The second kappa shape index (κ2) is 13.1. The van der Waals surface area contributed by atoms with Crippen molar-refractivity contribution in [1.82, 2.24) is 21.0 Å². The van der Waals surface area contributed by atoms with Crippen LogP contribution in [-0.4, -0.2) is 75.6 Å². The minimum atomic E-state index is -0.362. The molecule has 0 aliphatic carbocycles. The molecule has 0 bridgehead atoms. The van der Waals surface area contributed by atoms with Gasteiger partial charge in [-0.05, 0) is 38.8 Å². The molecule has 3 heterocycles. The first-order valence-electron chi connectivity index (χ1n) is 11.0. The zero-order chi connectivity index (χ0) is 21.4. The average molecular weight is 495 g/mol. The van der Waals surface area contributed by atoms with E-state index in [0.29, 0.717) is 19.5 Å². The summed E-state index contributed by atoms with van der Waals surface area (Å²) in [5.74, 6) is 1.97. The van der Waals surface area contributed by atoms with Gasteiger partial charge in [0, 0.05) is 43.4 Å². The molecule has 0 aromatic heterocycles. The van der Waals surface area contributed by atoms with Gasteiger partial charge < -0.3 is 15.5 Å². The maximum Gasteiger partial charge on any atom is 0.243 e. The van der Waals surface area contributed by atoms with Crippen molar-refractivity contribution < 1.29 is 19.6 Å². The van der Waals surface area contributed by atoms with E-state index >= 15 is 0 Å². The van der Waals surface area contributed by atoms with Crippen LogP contribution < -0.4 is 16.1 Å². The number of nitrogens with zero attached hydrogens (tertiary/aromatic N) is 1. The van der Waals surface area contributed by atoms with E-state index < -0.39 is 0 Å². The quantitative estimate of drug-likeness (QED) is 0.219. The first-order chi connectivity index (χ1) is 14.5. The van der Waals surface area contributed by atoms with Gasteiger partial charge in [-0.1, -0.05) is 12.8 Å². The lowest BCUT2D eigenvalue weighted by molar-refractivity contribution is -0.142. The van der Waals surface area contributed by atoms with E-state index in [2.05, 4.69) is 10.6 Å². The highest BCUT2D eigenvalue weighted by molar-refractivity contribution is 8.21. The topological polar surface area (TPSA) is 111 Å². The van der Waals surface area contributed by atoms with Crippen LogP contribution in [0.25, 0.3) is 0 Å². The van der Waals surface area contributed by atoms with Crippen LogP contribution in [0.4, 0.5) is 0 Å². The highest BCUT2D eigenvalue weighted by atomic mass is 35.5. The summed E-state index contributed by atoms with van der Waals surface area (Å²) < 4.78 is -0.0160. The Labute approximate surface area is 199 Å². The molecule has 31 heavy (non-hydrogen) atoms. The maximum atomic E-state index is 13.2. The maximum absolute atomic E-state index is 13.2. The van der Waals surface area contributed by atoms with Crippen molar-refractivity contribution in [3.63, 3.8) is 0 Å². The summed E-state index contributed by atoms with van der Waals surface area (Å²) in [6.45, 7) is 3.01. The molecule has 11 heteroatoms. The van der Waals surface area contributed by atoms with Gasteiger partial charge in [-0.25, -0.2) is 5.48 Å². The number of hydrogen-bond acceptors (Lipinski definition) is 7. The van der Waals surface area contributed by atoms with E-state index in [1.54, 1.807) is 5.48 Å². The smallest absolute Gasteiger partial charge is 0.243 e. The van der Waals surface area contributed by atoms with Gasteiger partial charge in [0.25, 0.3) is 0 Å². The molecule has 0 radical (unpaired) electrons. The summed E-state index contributed by atoms with van der Waals surface area (Å²) in [6, 6.07) is -0.362. The van der Waals surface area contributed by atoms with Crippen molar-refractivity contribution >= 4 is 53.7 Å². The van der Waals surface area contributed by atoms with E-state index in [9.17, 15) is 14.4 Å². The molecule has 1 spiro atoms. The van der Waals surface area contributed by atoms with E-state index in [1.807, 2.05) is 28.4 Å². The van der Waals surface area contributed by atoms with Crippen LogP contribution in [0.1, 0.15) is 51.4 Å². The molecule has 0 aromatic rings. The van der Waals surface area contributed by atoms with Gasteiger partial charge in [0.2, 0.25) is 17.7 Å². The summed E-state index contributed by atoms with van der Waals surface area (Å²) in [5, 5.41) is 14.8. The third kappa shape index (κ3) is 7.42. The molecule has 3 aliphatic rings. The van der Waals surface area contributed by atoms with Crippen molar-refractivity contribution in [1.29, 1.82) is 0 Å². The van der Waals surface area contributed by atoms with Gasteiger partial charge in [0.1, 0.15) is 6.04 Å². The SMILES string of the molecule is Cl.O=C(CCCCCCNC(=O)[C@@H]1CC2(CN1C(=O)C1CCNCC1)SCCS2)NO. The Kier molecular flexibility index (Phi) is 11.3. The number of thioether (sulfide) groups is 2. The summed E-state index contributed by atoms with van der Waals surface area (Å²) in [5.41, 5.74) is 1.64. The van der Waals surface area contributed by atoms with Gasteiger partial charge in [0.05, 0.1) is 4.08 Å². The van der Waals surface area contributed by atoms with E-state index in [1.165, 1.54) is 0 Å². The molecule has 8 nitrogen and oxygen atoms in total. The number of hydrogen-bond donors (Lipinski definition) is 4. The van der Waals surface area contributed by atoms with Crippen LogP contribution in [0.15, 0.2) is 0 Å². The summed E-state index contributed by atoms with van der Waals surface area (Å²) >= 11 is 3.82. The molecule has 3 fully saturated rings. The Bertz CT molecular complexity index is 616. The van der Waals surface area contributed by atoms with Gasteiger partial charge in [-0.15, -0.1) is 35.9 Å². The second-order valence-electron chi connectivity index (χ2n) is 8.31. The van der Waals surface area contributed by atoms with Crippen molar-refractivity contribution in [3.8, 4) is 0 Å². The van der Waals surface area contributed by atoms with Crippen molar-refractivity contribution in [3.05, 3.63) is 0 Å². The number of nitrogens with one attached hydrogen (secondary N) is 3. The lowest BCUT2D eigenvalue weighted by Crippen LogP contribution is -2.49. The predicted octanol–water partition coefficient (Wildman–Crippen LogP) is 1.76. The zero-order valence-corrected chi connectivity index (χ0v) is 20.3. The van der Waals surface area contributed by atoms with Crippen LogP contribution in [-0.2, 0) is 14.4 Å². The predicted molar refractivity (Wildman–Crippen MR) is 127 cm³/mol. The number of rotatable bonds is 9. The lowest BCUT2D eigenvalue weighted by atomic mass is 9.96. The number of piperidine rings is 1. The van der Waals surface area contributed by atoms with Crippen LogP contribution in [0.3, 0.4) is 0 Å². The first kappa shape index (κ1) is 26.6. The molecular formula is C20H35ClN4O4S2. The minimum Gasteiger partial charge on any atom is -0.354 e. The van der Waals surface area contributed by atoms with Gasteiger partial charge >= 0.3 is 0 Å². The number of unbranched alkanes of at least 4 members (excludes halogenated alkanes) is 3. The van der Waals surface area contributed by atoms with E-state index in [4.69, 9.17) is 5.21 Å². The summed E-state index contributed by atoms with van der Waals surface area (Å²) in [6.07, 6.45) is 6.11. The van der Waals surface area contributed by atoms with Gasteiger partial charge in [0.15, 0.2) is 0 Å². The number of carbonyl (C=O) groups excluding carboxylic acids is 3. The molecule has 0 unspecified atom stereocenters. The fourth-order valence-corrected chi connectivity index (χ4v) is 7.72. The molecule has 3 aliphatic heterocycles. The molecule has 3 saturated heterocycles. The highest BCUT2D eigenvalue weighted by Gasteiger charge is 2.51. The fraction of sp³-hybridized carbons (Fsp3) is 0.850. The number of carbonyl (C=O) groups is 3. The Morgan fingerprint density at radius 2 is 1.74 bits per heavy atom. The van der Waals surface area contributed by atoms with E-state index in [-0.39, 0.29) is 46.2 Å². The molecule has 3 amide bonds. The Morgan fingerprint density at radius 1 is 1.06 bits per heavy atom. The first-order valence-corrected chi connectivity index (χ1v) is 13.0. The molecular weight excluding hydrogens is 460 g/mol. The molecule has 3 rings (SSSR count). The number of likely N-dealkylation sites (tertiary alicyclic amines) is 1. The highest BCUT2D eigenvalue weighted by Crippen LogP contribution is 2.52. The van der Waals surface area contributed by atoms with Crippen LogP contribution in [0.2, 0.25) is 0 Å². The Morgan fingerprint density at radius 3 is 2.42 bits per heavy atom. The molecule has 4 N–H and O–H groups in total. The zero-order valence-electron chi connectivity index (χ0n) is 17.9. The van der Waals surface area contributed by atoms with Gasteiger partial charge in [-0.2, -0.15) is 0 Å². The normalized spacial score (nSPS) is 22.9. The van der Waals surface area contributed by atoms with Crippen molar-refractivity contribution in [2.75, 3.05) is 37.7 Å². The summed E-state index contributed by atoms with van der Waals surface area (Å²) in [4.78, 5) is 39.1. The fourth-order valence-electron chi connectivity index (χ4n) is 4.46. The number of amides is 3. The average Bonchev–Trinajstić information content (AvgIpc) is 3.39. The lowest BCUT2D eigenvalue weighted by Gasteiger charge is -2.30. The number of hydroxylamine groups is 1. The summed E-state index contributed by atoms with van der Waals surface area (Å²) in [7, 11) is 0. The molecule has 1 atom stereocenters. The van der Waals surface area contributed by atoms with E-state index in [0.717, 1.165) is 69.5 Å². The second-order valence-corrected chi connectivity index (χ2v) is 11.5. The monoisotopic (exact) mass is 494 g/mol. The molecule has 0 aromatic carbocycles. The molecule has 178 valence electrons. The third-order valence-corrected chi connectivity index (χ3v) is 9.56. The number of halogens is 1. The van der Waals surface area contributed by atoms with Crippen LogP contribution in [0.5, 0.6) is 0 Å². The third-order valence-electron chi connectivity index (χ3n) is 6.13. The van der Waals surface area contributed by atoms with Crippen molar-refractivity contribution in [2.24, 2.45) is 5.92 Å². The standard InChI is InChI=1S/C20H34N4O4S2.ClH/c25-17(23-28)5-3-1-2-4-8-22-18(26)16-13-20(29-11-12-30-20)14-24(16)19(27)15-6-9-21-10-7-15;/h15-16,21,28H,1-14H2,(H,22,26)(H,23,25);1H/t16-;/m0./s1. The largest absolute Gasteiger partial charge is 0.354 e. The molecule has 0 saturated carbocycles. The Balaban J connectivity index is 0.00000341. The van der Waals surface area contributed by atoms with Crippen LogP contribution >= 0.6 is 35.9 Å². The van der Waals surface area contributed by atoms with Crippen LogP contribution in [0, 0.1) is 5.92 Å². The Hall–Kier alpha value is -0.680. The van der Waals surface area contributed by atoms with Gasteiger partial charge in [-0.3, -0.25) is 19.6 Å². The van der Waals surface area contributed by atoms with Crippen molar-refractivity contribution in [2.45, 2.75) is 61.5 Å². The minimum absolute atomic E-state index is 0.